The molecule has 0 saturated heterocycles. The maximum atomic E-state index is 14.3. The number of rotatable bonds is 5. The van der Waals surface area contributed by atoms with E-state index in [1.807, 2.05) is 0 Å². The van der Waals surface area contributed by atoms with Crippen molar-refractivity contribution < 1.29 is 23.0 Å². The summed E-state index contributed by atoms with van der Waals surface area (Å²) < 4.78 is 38.4. The smallest absolute Gasteiger partial charge is 0.230 e. The van der Waals surface area contributed by atoms with E-state index in [1.54, 1.807) is 19.9 Å². The molecule has 0 radical (unpaired) electrons. The molecule has 1 atom stereocenters. The molecule has 120 valence electrons. The highest BCUT2D eigenvalue weighted by Crippen LogP contribution is 2.33. The second-order valence-electron chi connectivity index (χ2n) is 5.12. The maximum absolute atomic E-state index is 14.3. The van der Waals surface area contributed by atoms with Gasteiger partial charge in [-0.15, -0.1) is 0 Å². The van der Waals surface area contributed by atoms with Crippen molar-refractivity contribution in [1.82, 2.24) is 4.90 Å². The predicted octanol–water partition coefficient (Wildman–Crippen LogP) is 3.18. The van der Waals surface area contributed by atoms with Gasteiger partial charge in [0.05, 0.1) is 11.3 Å². The van der Waals surface area contributed by atoms with Crippen molar-refractivity contribution in [2.45, 2.75) is 20.3 Å². The predicted molar refractivity (Wildman–Crippen MR) is 78.0 cm³/mol. The summed E-state index contributed by atoms with van der Waals surface area (Å²) in [5.74, 6) is -1.80. The van der Waals surface area contributed by atoms with Gasteiger partial charge in [0.25, 0.3) is 0 Å². The van der Waals surface area contributed by atoms with Gasteiger partial charge in [0.2, 0.25) is 5.91 Å². The molecule has 0 aromatic heterocycles. The van der Waals surface area contributed by atoms with E-state index < -0.39 is 11.6 Å². The summed E-state index contributed by atoms with van der Waals surface area (Å²) in [6.07, 6.45) is 2.16. The highest BCUT2D eigenvalue weighted by atomic mass is 19.1. The third-order valence-corrected chi connectivity index (χ3v) is 3.57. The Morgan fingerprint density at radius 1 is 1.32 bits per heavy atom. The van der Waals surface area contributed by atoms with Crippen LogP contribution in [-0.2, 0) is 9.53 Å². The summed E-state index contributed by atoms with van der Waals surface area (Å²) in [6.45, 7) is 3.83. The van der Waals surface area contributed by atoms with E-state index in [2.05, 4.69) is 0 Å². The van der Waals surface area contributed by atoms with Gasteiger partial charge in [-0.05, 0) is 13.3 Å². The number of carbonyl (C=O) groups is 1. The van der Waals surface area contributed by atoms with Crippen molar-refractivity contribution in [3.8, 4) is 5.75 Å². The monoisotopic (exact) mass is 311 g/mol. The van der Waals surface area contributed by atoms with E-state index in [-0.39, 0.29) is 35.6 Å². The normalized spacial score (nSPS) is 18.4. The van der Waals surface area contributed by atoms with E-state index in [0.29, 0.717) is 13.0 Å². The maximum Gasteiger partial charge on any atom is 0.230 e. The molecule has 1 aliphatic heterocycles. The van der Waals surface area contributed by atoms with Crippen LogP contribution >= 0.6 is 0 Å². The number of amides is 1. The SMILES string of the molecule is CCN1C(=O)C(C)CC=C1c1c(F)cc(OCOC)cc1F. The Labute approximate surface area is 128 Å². The number of carbonyl (C=O) groups excluding carboxylic acids is 1. The molecule has 1 unspecified atom stereocenters. The van der Waals surface area contributed by atoms with Crippen LogP contribution in [0, 0.1) is 17.6 Å². The fourth-order valence-electron chi connectivity index (χ4n) is 2.45. The van der Waals surface area contributed by atoms with Gasteiger partial charge in [-0.1, -0.05) is 13.0 Å². The van der Waals surface area contributed by atoms with Crippen molar-refractivity contribution in [3.63, 3.8) is 0 Å². The van der Waals surface area contributed by atoms with Crippen LogP contribution in [0.15, 0.2) is 18.2 Å². The standard InChI is InChI=1S/C16H19F2NO3/c1-4-19-14(6-5-10(2)16(19)20)15-12(17)7-11(8-13(15)18)22-9-21-3/h6-8,10H,4-5,9H2,1-3H3. The number of nitrogens with zero attached hydrogens (tertiary/aromatic N) is 1. The molecule has 0 spiro atoms. The van der Waals surface area contributed by atoms with Gasteiger partial charge in [-0.2, -0.15) is 0 Å². The molecule has 0 bridgehead atoms. The number of methoxy groups -OCH3 is 1. The summed E-state index contributed by atoms with van der Waals surface area (Å²) in [7, 11) is 1.42. The molecule has 2 rings (SSSR count). The van der Waals surface area contributed by atoms with E-state index in [1.165, 1.54) is 12.0 Å². The summed E-state index contributed by atoms with van der Waals surface area (Å²) in [6, 6.07) is 2.18. The van der Waals surface area contributed by atoms with Gasteiger partial charge in [-0.25, -0.2) is 8.78 Å². The van der Waals surface area contributed by atoms with Gasteiger partial charge >= 0.3 is 0 Å². The largest absolute Gasteiger partial charge is 0.467 e. The minimum absolute atomic E-state index is 0.0414. The minimum Gasteiger partial charge on any atom is -0.467 e. The highest BCUT2D eigenvalue weighted by Gasteiger charge is 2.30. The molecule has 0 aliphatic carbocycles. The Morgan fingerprint density at radius 3 is 2.50 bits per heavy atom. The number of ether oxygens (including phenoxy) is 2. The zero-order valence-electron chi connectivity index (χ0n) is 12.9. The third kappa shape index (κ3) is 3.11. The Balaban J connectivity index is 2.41. The molecule has 0 saturated carbocycles. The highest BCUT2D eigenvalue weighted by molar-refractivity contribution is 5.90. The van der Waals surface area contributed by atoms with E-state index in [9.17, 15) is 13.6 Å². The molecular formula is C16H19F2NO3. The molecule has 1 heterocycles. The van der Waals surface area contributed by atoms with Crippen molar-refractivity contribution in [1.29, 1.82) is 0 Å². The molecule has 0 fully saturated rings. The van der Waals surface area contributed by atoms with Crippen LogP contribution in [0.3, 0.4) is 0 Å². The van der Waals surface area contributed by atoms with Gasteiger partial charge in [0.15, 0.2) is 6.79 Å². The quantitative estimate of drug-likeness (QED) is 0.784. The first kappa shape index (κ1) is 16.4. The summed E-state index contributed by atoms with van der Waals surface area (Å²) >= 11 is 0. The van der Waals surface area contributed by atoms with Crippen molar-refractivity contribution >= 4 is 11.6 Å². The summed E-state index contributed by atoms with van der Waals surface area (Å²) in [5.41, 5.74) is 0.0748. The van der Waals surface area contributed by atoms with E-state index >= 15 is 0 Å². The molecule has 1 aromatic rings. The van der Waals surface area contributed by atoms with E-state index in [0.717, 1.165) is 12.1 Å². The van der Waals surface area contributed by atoms with Crippen LogP contribution in [0.1, 0.15) is 25.8 Å². The third-order valence-electron chi connectivity index (χ3n) is 3.57. The topological polar surface area (TPSA) is 38.8 Å². The average Bonchev–Trinajstić information content (AvgIpc) is 2.48. The fraction of sp³-hybridized carbons (Fsp3) is 0.438. The van der Waals surface area contributed by atoms with Gasteiger partial charge < -0.3 is 14.4 Å². The molecule has 0 N–H and O–H groups in total. The molecule has 22 heavy (non-hydrogen) atoms. The number of hydrogen-bond acceptors (Lipinski definition) is 3. The Kier molecular flexibility index (Phi) is 5.13. The lowest BCUT2D eigenvalue weighted by molar-refractivity contribution is -0.131. The first-order valence-corrected chi connectivity index (χ1v) is 7.12. The lowest BCUT2D eigenvalue weighted by atomic mass is 9.96. The lowest BCUT2D eigenvalue weighted by Crippen LogP contribution is -2.37. The van der Waals surface area contributed by atoms with Crippen molar-refractivity contribution in [2.24, 2.45) is 5.92 Å². The number of hydrogen-bond donors (Lipinski definition) is 0. The zero-order chi connectivity index (χ0) is 16.3. The zero-order valence-corrected chi connectivity index (χ0v) is 12.9. The molecule has 4 nitrogen and oxygen atoms in total. The van der Waals surface area contributed by atoms with Crippen LogP contribution in [0.4, 0.5) is 8.78 Å². The molecule has 1 aliphatic rings. The van der Waals surface area contributed by atoms with Crippen molar-refractivity contribution in [2.75, 3.05) is 20.4 Å². The number of halogens is 2. The van der Waals surface area contributed by atoms with Gasteiger partial charge in [-0.3, -0.25) is 4.79 Å². The van der Waals surface area contributed by atoms with Crippen LogP contribution in [0.5, 0.6) is 5.75 Å². The fourth-order valence-corrected chi connectivity index (χ4v) is 2.45. The summed E-state index contributed by atoms with van der Waals surface area (Å²) in [5, 5.41) is 0. The molecule has 1 amide bonds. The number of benzene rings is 1. The average molecular weight is 311 g/mol. The van der Waals surface area contributed by atoms with Gasteiger partial charge in [0, 0.05) is 31.7 Å². The first-order valence-electron chi connectivity index (χ1n) is 7.12. The van der Waals surface area contributed by atoms with Crippen LogP contribution in [0.2, 0.25) is 0 Å². The second kappa shape index (κ2) is 6.87. The summed E-state index contributed by atoms with van der Waals surface area (Å²) in [4.78, 5) is 13.6. The lowest BCUT2D eigenvalue weighted by Gasteiger charge is -2.31. The first-order chi connectivity index (χ1) is 10.5. The van der Waals surface area contributed by atoms with Crippen molar-refractivity contribution in [3.05, 3.63) is 35.4 Å². The Bertz CT molecular complexity index is 578. The molecular weight excluding hydrogens is 292 g/mol. The van der Waals surface area contributed by atoms with Crippen LogP contribution < -0.4 is 4.74 Å². The Morgan fingerprint density at radius 2 is 1.95 bits per heavy atom. The van der Waals surface area contributed by atoms with E-state index in [4.69, 9.17) is 9.47 Å². The van der Waals surface area contributed by atoms with Crippen LogP contribution in [-0.4, -0.2) is 31.3 Å². The second-order valence-corrected chi connectivity index (χ2v) is 5.12. The molecule has 1 aromatic carbocycles. The van der Waals surface area contributed by atoms with Gasteiger partial charge in [0.1, 0.15) is 17.4 Å². The molecule has 6 heteroatoms. The van der Waals surface area contributed by atoms with Crippen LogP contribution in [0.25, 0.3) is 5.70 Å². The number of allylic oxidation sites excluding steroid dienone is 1. The Hall–Kier alpha value is -1.95. The minimum atomic E-state index is -0.766.